The predicted molar refractivity (Wildman–Crippen MR) is 63.7 cm³/mol. The third-order valence-electron chi connectivity index (χ3n) is 2.89. The number of hydrogen-bond donors (Lipinski definition) is 3. The highest BCUT2D eigenvalue weighted by atomic mass is 32.2. The van der Waals surface area contributed by atoms with Crippen LogP contribution in [0.1, 0.15) is 13.8 Å². The minimum absolute atomic E-state index is 0.446. The molecule has 17 heavy (non-hydrogen) atoms. The molecule has 2 saturated heterocycles. The van der Waals surface area contributed by atoms with Gasteiger partial charge in [-0.25, -0.2) is 4.39 Å². The van der Waals surface area contributed by atoms with E-state index in [9.17, 15) is 14.6 Å². The highest BCUT2D eigenvalue weighted by Gasteiger charge is 2.51. The predicted octanol–water partition coefficient (Wildman–Crippen LogP) is -0.128. The number of thioether (sulfide) groups is 1. The monoisotopic (exact) mass is 264 g/mol. The maximum Gasteiger partial charge on any atom is 0.159 e. The maximum absolute atomic E-state index is 14.0. The summed E-state index contributed by atoms with van der Waals surface area (Å²) in [6.45, 7) is 3.97. The van der Waals surface area contributed by atoms with Crippen molar-refractivity contribution in [1.29, 1.82) is 0 Å². The van der Waals surface area contributed by atoms with Crippen LogP contribution in [0.3, 0.4) is 0 Å². The first-order chi connectivity index (χ1) is 8.04. The number of aliphatic hydroxyl groups is 2. The van der Waals surface area contributed by atoms with Crippen molar-refractivity contribution in [3.63, 3.8) is 0 Å². The zero-order chi connectivity index (χ0) is 12.6. The van der Waals surface area contributed by atoms with Gasteiger partial charge in [0, 0.05) is 6.54 Å². The average Bonchev–Trinajstić information content (AvgIpc) is 2.66. The summed E-state index contributed by atoms with van der Waals surface area (Å²) in [6, 6.07) is -0.602. The summed E-state index contributed by atoms with van der Waals surface area (Å²) >= 11 is 1.30. The molecule has 2 aliphatic rings. The van der Waals surface area contributed by atoms with E-state index in [1.165, 1.54) is 18.7 Å². The first-order valence-corrected chi connectivity index (χ1v) is 6.56. The summed E-state index contributed by atoms with van der Waals surface area (Å²) in [6.07, 6.45) is -4.57. The van der Waals surface area contributed by atoms with Crippen molar-refractivity contribution in [1.82, 2.24) is 5.32 Å². The van der Waals surface area contributed by atoms with E-state index >= 15 is 0 Å². The van der Waals surface area contributed by atoms with Gasteiger partial charge in [0.25, 0.3) is 0 Å². The molecule has 6 atom stereocenters. The van der Waals surface area contributed by atoms with Crippen LogP contribution < -0.4 is 5.32 Å². The number of ether oxygens (including phenoxy) is 1. The maximum atomic E-state index is 14.0. The van der Waals surface area contributed by atoms with Crippen molar-refractivity contribution in [2.24, 2.45) is 4.99 Å². The van der Waals surface area contributed by atoms with Crippen molar-refractivity contribution in [2.75, 3.05) is 6.54 Å². The Morgan fingerprint density at radius 2 is 2.35 bits per heavy atom. The van der Waals surface area contributed by atoms with Crippen LogP contribution in [0.15, 0.2) is 4.99 Å². The molecule has 98 valence electrons. The number of nitrogens with zero attached hydrogens (tertiary/aromatic N) is 1. The van der Waals surface area contributed by atoms with Crippen molar-refractivity contribution in [2.45, 2.75) is 49.8 Å². The highest BCUT2D eigenvalue weighted by Crippen LogP contribution is 2.36. The van der Waals surface area contributed by atoms with E-state index in [2.05, 4.69) is 10.3 Å². The lowest BCUT2D eigenvalue weighted by molar-refractivity contribution is -0.167. The fourth-order valence-corrected chi connectivity index (χ4v) is 3.20. The fraction of sp³-hybridized carbons (Fsp3) is 0.900. The van der Waals surface area contributed by atoms with E-state index in [0.717, 1.165) is 0 Å². The molecule has 7 heteroatoms. The summed E-state index contributed by atoms with van der Waals surface area (Å²) < 4.78 is 19.5. The van der Waals surface area contributed by atoms with Crippen LogP contribution in [0.2, 0.25) is 0 Å². The number of aliphatic hydroxyl groups excluding tert-OH is 2. The lowest BCUT2D eigenvalue weighted by Gasteiger charge is -2.38. The summed E-state index contributed by atoms with van der Waals surface area (Å²) in [7, 11) is 0. The minimum Gasteiger partial charge on any atom is -0.391 e. The quantitative estimate of drug-likeness (QED) is 0.648. The number of nitrogens with one attached hydrogen (secondary N) is 1. The molecule has 2 aliphatic heterocycles. The molecule has 0 aromatic rings. The highest BCUT2D eigenvalue weighted by molar-refractivity contribution is 8.14. The van der Waals surface area contributed by atoms with Crippen LogP contribution in [0, 0.1) is 0 Å². The first kappa shape index (κ1) is 13.1. The molecule has 5 nitrogen and oxygen atoms in total. The first-order valence-electron chi connectivity index (χ1n) is 5.68. The molecule has 0 aromatic heterocycles. The minimum atomic E-state index is -1.47. The number of amidine groups is 1. The van der Waals surface area contributed by atoms with Crippen LogP contribution in [-0.2, 0) is 4.74 Å². The second-order valence-electron chi connectivity index (χ2n) is 4.21. The summed E-state index contributed by atoms with van der Waals surface area (Å²) in [5.41, 5.74) is -0.446. The third-order valence-corrected chi connectivity index (χ3v) is 3.99. The van der Waals surface area contributed by atoms with Gasteiger partial charge >= 0.3 is 0 Å². The van der Waals surface area contributed by atoms with Crippen molar-refractivity contribution >= 4 is 16.9 Å². The standard InChI is InChI=1S/C10H17FN2O3S/c1-3-12-10-13-6-5(11)7(15)8(4(2)14)16-9(6)17-10/h4-9,14-15H,3H2,1-2H3,(H,12,13)/t4-,5?,6?,7?,8?,9?/m1/s1. The molecule has 0 aromatic carbocycles. The van der Waals surface area contributed by atoms with Gasteiger partial charge in [0.05, 0.1) is 12.1 Å². The molecule has 0 bridgehead atoms. The van der Waals surface area contributed by atoms with Crippen LogP contribution in [0.4, 0.5) is 4.39 Å². The van der Waals surface area contributed by atoms with E-state index in [1.807, 2.05) is 6.92 Å². The molecular formula is C10H17FN2O3S. The van der Waals surface area contributed by atoms with Gasteiger partial charge in [-0.05, 0) is 13.8 Å². The van der Waals surface area contributed by atoms with Crippen LogP contribution in [-0.4, -0.2) is 57.9 Å². The van der Waals surface area contributed by atoms with Gasteiger partial charge in [0.15, 0.2) is 11.3 Å². The zero-order valence-corrected chi connectivity index (χ0v) is 10.5. The Morgan fingerprint density at radius 1 is 1.65 bits per heavy atom. The van der Waals surface area contributed by atoms with Gasteiger partial charge in [0.1, 0.15) is 17.6 Å². The zero-order valence-electron chi connectivity index (χ0n) is 9.71. The molecule has 0 amide bonds. The molecule has 5 unspecified atom stereocenters. The van der Waals surface area contributed by atoms with Gasteiger partial charge in [-0.1, -0.05) is 11.8 Å². The van der Waals surface area contributed by atoms with Crippen molar-refractivity contribution in [3.05, 3.63) is 0 Å². The van der Waals surface area contributed by atoms with E-state index in [0.29, 0.717) is 11.7 Å². The Labute approximate surface area is 103 Å². The Hall–Kier alpha value is -0.370. The van der Waals surface area contributed by atoms with Gasteiger partial charge in [-0.3, -0.25) is 4.99 Å². The SMILES string of the molecule is CCN=C1NC2C(OC([C@@H](C)O)C(O)C2F)S1. The van der Waals surface area contributed by atoms with E-state index in [4.69, 9.17) is 4.74 Å². The van der Waals surface area contributed by atoms with Gasteiger partial charge in [-0.2, -0.15) is 0 Å². The fourth-order valence-electron chi connectivity index (χ4n) is 2.02. The van der Waals surface area contributed by atoms with E-state index in [-0.39, 0.29) is 0 Å². The molecule has 0 saturated carbocycles. The largest absolute Gasteiger partial charge is 0.391 e. The molecule has 2 heterocycles. The number of aliphatic imine (C=N–C) groups is 1. The lowest BCUT2D eigenvalue weighted by atomic mass is 9.96. The number of rotatable bonds is 2. The Bertz CT molecular complexity index is 316. The second kappa shape index (κ2) is 5.09. The number of fused-ring (bicyclic) bond motifs is 1. The summed E-state index contributed by atoms with van der Waals surface area (Å²) in [5.74, 6) is 0. The van der Waals surface area contributed by atoms with Crippen LogP contribution in [0.25, 0.3) is 0 Å². The third kappa shape index (κ3) is 2.42. The van der Waals surface area contributed by atoms with E-state index < -0.39 is 36.0 Å². The Balaban J connectivity index is 2.12. The van der Waals surface area contributed by atoms with Gasteiger partial charge < -0.3 is 20.3 Å². The molecule has 0 aliphatic carbocycles. The number of hydrogen-bond acceptors (Lipinski definition) is 5. The average molecular weight is 264 g/mol. The molecule has 3 N–H and O–H groups in total. The summed E-state index contributed by atoms with van der Waals surface area (Å²) in [4.78, 5) is 4.15. The molecule has 0 spiro atoms. The smallest absolute Gasteiger partial charge is 0.159 e. The Morgan fingerprint density at radius 3 is 2.94 bits per heavy atom. The van der Waals surface area contributed by atoms with Gasteiger partial charge in [0.2, 0.25) is 0 Å². The lowest BCUT2D eigenvalue weighted by Crippen LogP contribution is -2.59. The summed E-state index contributed by atoms with van der Waals surface area (Å²) in [5, 5.41) is 22.7. The van der Waals surface area contributed by atoms with Crippen molar-refractivity contribution < 1.29 is 19.3 Å². The van der Waals surface area contributed by atoms with Crippen LogP contribution >= 0.6 is 11.8 Å². The molecule has 2 rings (SSSR count). The molecular weight excluding hydrogens is 247 g/mol. The molecule has 0 radical (unpaired) electrons. The Kier molecular flexibility index (Phi) is 3.92. The van der Waals surface area contributed by atoms with Gasteiger partial charge in [-0.15, -0.1) is 0 Å². The van der Waals surface area contributed by atoms with Crippen LogP contribution in [0.5, 0.6) is 0 Å². The topological polar surface area (TPSA) is 74.1 Å². The van der Waals surface area contributed by atoms with E-state index in [1.54, 1.807) is 0 Å². The number of halogens is 1. The second-order valence-corrected chi connectivity index (χ2v) is 5.30. The number of alkyl halides is 1. The van der Waals surface area contributed by atoms with Crippen molar-refractivity contribution in [3.8, 4) is 0 Å². The molecule has 2 fully saturated rings. The normalized spacial score (nSPS) is 45.5.